The molecule has 4 rings (SSSR count). The van der Waals surface area contributed by atoms with Gasteiger partial charge in [0.25, 0.3) is 0 Å². The van der Waals surface area contributed by atoms with E-state index in [1.54, 1.807) is 22.8 Å². The summed E-state index contributed by atoms with van der Waals surface area (Å²) in [6, 6.07) is 5.68. The fraction of sp³-hybridized carbons (Fsp3) is 0.600. The Morgan fingerprint density at radius 1 is 1.15 bits per heavy atom. The molecule has 146 valence electrons. The highest BCUT2D eigenvalue weighted by molar-refractivity contribution is 6.31. The molecule has 1 aliphatic carbocycles. The van der Waals surface area contributed by atoms with E-state index in [1.807, 2.05) is 0 Å². The molecular formula is C20H26ClN3O3. The summed E-state index contributed by atoms with van der Waals surface area (Å²) in [4.78, 5) is 26.8. The summed E-state index contributed by atoms with van der Waals surface area (Å²) in [5, 5.41) is 3.77. The van der Waals surface area contributed by atoms with Crippen LogP contribution in [0.4, 0.5) is 0 Å². The maximum Gasteiger partial charge on any atom is 0.420 e. The maximum atomic E-state index is 12.3. The van der Waals surface area contributed by atoms with Crippen molar-refractivity contribution in [1.82, 2.24) is 14.8 Å². The predicted octanol–water partition coefficient (Wildman–Crippen LogP) is 3.33. The molecular weight excluding hydrogens is 366 g/mol. The molecule has 1 saturated carbocycles. The van der Waals surface area contributed by atoms with Crippen LogP contribution in [0.3, 0.4) is 0 Å². The lowest BCUT2D eigenvalue weighted by molar-refractivity contribution is -0.123. The minimum atomic E-state index is -0.333. The number of nitrogens with one attached hydrogen (secondary N) is 1. The summed E-state index contributed by atoms with van der Waals surface area (Å²) in [5.74, 6) is -0.209. The number of nitrogens with zero attached hydrogens (tertiary/aromatic N) is 2. The lowest BCUT2D eigenvalue weighted by atomic mass is 9.95. The molecule has 2 aromatic rings. The second-order valence-corrected chi connectivity index (χ2v) is 8.20. The van der Waals surface area contributed by atoms with Gasteiger partial charge in [-0.1, -0.05) is 30.9 Å². The van der Waals surface area contributed by atoms with E-state index in [2.05, 4.69) is 10.2 Å². The maximum absolute atomic E-state index is 12.3. The first-order valence-electron chi connectivity index (χ1n) is 9.92. The van der Waals surface area contributed by atoms with Gasteiger partial charge < -0.3 is 9.73 Å². The van der Waals surface area contributed by atoms with Gasteiger partial charge in [-0.15, -0.1) is 0 Å². The molecule has 1 N–H and O–H groups in total. The fourth-order valence-electron chi connectivity index (χ4n) is 4.41. The van der Waals surface area contributed by atoms with Crippen LogP contribution in [-0.2, 0) is 4.79 Å². The van der Waals surface area contributed by atoms with Gasteiger partial charge in [-0.3, -0.25) is 14.3 Å². The Morgan fingerprint density at radius 3 is 2.63 bits per heavy atom. The largest absolute Gasteiger partial charge is 0.420 e. The molecule has 1 saturated heterocycles. The Bertz CT molecular complexity index is 861. The number of halogens is 1. The Balaban J connectivity index is 1.35. The number of oxazole rings is 1. The molecule has 1 aliphatic heterocycles. The highest BCUT2D eigenvalue weighted by Crippen LogP contribution is 2.27. The van der Waals surface area contributed by atoms with E-state index in [0.29, 0.717) is 23.2 Å². The number of rotatable bonds is 4. The highest BCUT2D eigenvalue weighted by Gasteiger charge is 2.26. The lowest BCUT2D eigenvalue weighted by Gasteiger charge is -2.32. The standard InChI is InChI=1S/C20H26ClN3O3/c21-14-6-7-18-17(12-14)24(20(26)27-18)16-8-10-23(11-9-16)13-19(25)22-15-4-2-1-3-5-15/h6-7,12,15-16H,1-5,8-11,13H2,(H,22,25). The SMILES string of the molecule is O=C(CN1CCC(n2c(=O)oc3ccc(Cl)cc32)CC1)NC1CCCCC1. The second-order valence-electron chi connectivity index (χ2n) is 7.76. The van der Waals surface area contributed by atoms with Crippen LogP contribution in [0.25, 0.3) is 11.1 Å². The van der Waals surface area contributed by atoms with Crippen molar-refractivity contribution in [3.8, 4) is 0 Å². The number of fused-ring (bicyclic) bond motifs is 1. The Hall–Kier alpha value is -1.79. The zero-order valence-corrected chi connectivity index (χ0v) is 16.2. The average Bonchev–Trinajstić information content (AvgIpc) is 2.98. The summed E-state index contributed by atoms with van der Waals surface area (Å²) in [5.41, 5.74) is 1.32. The summed E-state index contributed by atoms with van der Waals surface area (Å²) >= 11 is 6.09. The van der Waals surface area contributed by atoms with Crippen LogP contribution < -0.4 is 11.1 Å². The first-order valence-corrected chi connectivity index (χ1v) is 10.3. The van der Waals surface area contributed by atoms with Gasteiger partial charge in [0.2, 0.25) is 5.91 Å². The van der Waals surface area contributed by atoms with Gasteiger partial charge in [-0.2, -0.15) is 0 Å². The summed E-state index contributed by atoms with van der Waals surface area (Å²) < 4.78 is 7.08. The van der Waals surface area contributed by atoms with E-state index in [-0.39, 0.29) is 17.7 Å². The third kappa shape index (κ3) is 4.22. The summed E-state index contributed by atoms with van der Waals surface area (Å²) in [6.45, 7) is 2.03. The van der Waals surface area contributed by atoms with Crippen LogP contribution in [0.1, 0.15) is 51.0 Å². The van der Waals surface area contributed by atoms with E-state index < -0.39 is 0 Å². The molecule has 0 spiro atoms. The van der Waals surface area contributed by atoms with Crippen LogP contribution in [-0.4, -0.2) is 41.1 Å². The third-order valence-electron chi connectivity index (χ3n) is 5.83. The number of amides is 1. The number of carbonyl (C=O) groups is 1. The molecule has 0 radical (unpaired) electrons. The molecule has 2 heterocycles. The topological polar surface area (TPSA) is 67.5 Å². The second kappa shape index (κ2) is 8.07. The number of benzene rings is 1. The van der Waals surface area contributed by atoms with Crippen LogP contribution >= 0.6 is 11.6 Å². The zero-order valence-electron chi connectivity index (χ0n) is 15.5. The molecule has 1 amide bonds. The van der Waals surface area contributed by atoms with Gasteiger partial charge in [-0.25, -0.2) is 4.79 Å². The van der Waals surface area contributed by atoms with Crippen molar-refractivity contribution >= 4 is 28.6 Å². The van der Waals surface area contributed by atoms with Crippen LogP contribution in [0.5, 0.6) is 0 Å². The van der Waals surface area contributed by atoms with E-state index in [9.17, 15) is 9.59 Å². The highest BCUT2D eigenvalue weighted by atomic mass is 35.5. The van der Waals surface area contributed by atoms with Crippen molar-refractivity contribution < 1.29 is 9.21 Å². The van der Waals surface area contributed by atoms with Crippen molar-refractivity contribution in [3.63, 3.8) is 0 Å². The van der Waals surface area contributed by atoms with Crippen LogP contribution in [0.15, 0.2) is 27.4 Å². The minimum absolute atomic E-state index is 0.0786. The van der Waals surface area contributed by atoms with Crippen molar-refractivity contribution in [1.29, 1.82) is 0 Å². The first kappa shape index (κ1) is 18.6. The number of aromatic nitrogens is 1. The molecule has 1 aromatic heterocycles. The van der Waals surface area contributed by atoms with Crippen molar-refractivity contribution in [2.45, 2.75) is 57.0 Å². The zero-order chi connectivity index (χ0) is 18.8. The Labute approximate surface area is 163 Å². The molecule has 2 fully saturated rings. The van der Waals surface area contributed by atoms with Crippen molar-refractivity contribution in [3.05, 3.63) is 33.8 Å². The van der Waals surface area contributed by atoms with E-state index in [0.717, 1.165) is 44.3 Å². The molecule has 27 heavy (non-hydrogen) atoms. The fourth-order valence-corrected chi connectivity index (χ4v) is 4.58. The number of carbonyl (C=O) groups excluding carboxylic acids is 1. The average molecular weight is 392 g/mol. The Kier molecular flexibility index (Phi) is 5.55. The minimum Gasteiger partial charge on any atom is -0.408 e. The quantitative estimate of drug-likeness (QED) is 0.868. The lowest BCUT2D eigenvalue weighted by Crippen LogP contribution is -2.45. The third-order valence-corrected chi connectivity index (χ3v) is 6.07. The Morgan fingerprint density at radius 2 is 1.89 bits per heavy atom. The molecule has 0 atom stereocenters. The van der Waals surface area contributed by atoms with Gasteiger partial charge in [-0.05, 0) is 43.9 Å². The van der Waals surface area contributed by atoms with E-state index in [4.69, 9.17) is 16.0 Å². The number of hydrogen-bond donors (Lipinski definition) is 1. The summed E-state index contributed by atoms with van der Waals surface area (Å²) in [6.07, 6.45) is 7.56. The number of hydrogen-bond acceptors (Lipinski definition) is 4. The van der Waals surface area contributed by atoms with Gasteiger partial charge in [0.1, 0.15) is 0 Å². The van der Waals surface area contributed by atoms with Gasteiger partial charge >= 0.3 is 5.76 Å². The normalized spacial score (nSPS) is 20.2. The van der Waals surface area contributed by atoms with Crippen LogP contribution in [0, 0.1) is 0 Å². The van der Waals surface area contributed by atoms with Gasteiger partial charge in [0.05, 0.1) is 12.1 Å². The summed E-state index contributed by atoms with van der Waals surface area (Å²) in [7, 11) is 0. The van der Waals surface area contributed by atoms with Crippen molar-refractivity contribution in [2.75, 3.05) is 19.6 Å². The monoisotopic (exact) mass is 391 g/mol. The molecule has 6 nitrogen and oxygen atoms in total. The molecule has 1 aromatic carbocycles. The number of likely N-dealkylation sites (tertiary alicyclic amines) is 1. The van der Waals surface area contributed by atoms with Gasteiger partial charge in [0.15, 0.2) is 5.58 Å². The van der Waals surface area contributed by atoms with Crippen molar-refractivity contribution in [2.24, 2.45) is 0 Å². The first-order chi connectivity index (χ1) is 13.1. The van der Waals surface area contributed by atoms with Gasteiger partial charge in [0, 0.05) is 30.2 Å². The predicted molar refractivity (Wildman–Crippen MR) is 105 cm³/mol. The molecule has 2 aliphatic rings. The van der Waals surface area contributed by atoms with Crippen LogP contribution in [0.2, 0.25) is 5.02 Å². The van der Waals surface area contributed by atoms with E-state index in [1.165, 1.54) is 19.3 Å². The molecule has 0 unspecified atom stereocenters. The molecule has 0 bridgehead atoms. The number of piperidine rings is 1. The molecule has 7 heteroatoms. The van der Waals surface area contributed by atoms with E-state index >= 15 is 0 Å². The smallest absolute Gasteiger partial charge is 0.408 e.